The van der Waals surface area contributed by atoms with Crippen molar-refractivity contribution in [1.82, 2.24) is 5.32 Å². The van der Waals surface area contributed by atoms with Crippen LogP contribution < -0.4 is 5.32 Å². The second kappa shape index (κ2) is 7.47. The lowest BCUT2D eigenvalue weighted by Gasteiger charge is -2.40. The van der Waals surface area contributed by atoms with Crippen LogP contribution in [0.4, 0.5) is 0 Å². The summed E-state index contributed by atoms with van der Waals surface area (Å²) in [5, 5.41) is 3.64. The Kier molecular flexibility index (Phi) is 4.91. The fourth-order valence-electron chi connectivity index (χ4n) is 3.25. The first-order valence-corrected chi connectivity index (χ1v) is 9.67. The Bertz CT molecular complexity index is 798. The van der Waals surface area contributed by atoms with Crippen LogP contribution in [0.1, 0.15) is 34.6 Å². The first-order valence-electron chi connectivity index (χ1n) is 8.39. The second-order valence-electron chi connectivity index (χ2n) is 6.11. The van der Waals surface area contributed by atoms with Gasteiger partial charge in [0.1, 0.15) is 11.9 Å². The Hall–Kier alpha value is -2.03. The minimum Gasteiger partial charge on any atom is -0.349 e. The summed E-state index contributed by atoms with van der Waals surface area (Å²) in [7, 11) is -1.62. The van der Waals surface area contributed by atoms with Gasteiger partial charge in [-0.15, -0.1) is 0 Å². The van der Waals surface area contributed by atoms with Crippen molar-refractivity contribution in [2.24, 2.45) is 0 Å². The third-order valence-electron chi connectivity index (χ3n) is 4.48. The lowest BCUT2D eigenvalue weighted by Crippen LogP contribution is -2.35. The van der Waals surface area contributed by atoms with Crippen LogP contribution in [0.5, 0.6) is 0 Å². The summed E-state index contributed by atoms with van der Waals surface area (Å²) in [6, 6.07) is 30.4. The van der Waals surface area contributed by atoms with Gasteiger partial charge in [0.25, 0.3) is 0 Å². The molecule has 3 aromatic carbocycles. The number of rotatable bonds is 3. The third-order valence-corrected chi connectivity index (χ3v) is 5.82. The van der Waals surface area contributed by atoms with Crippen molar-refractivity contribution in [1.29, 1.82) is 0 Å². The summed E-state index contributed by atoms with van der Waals surface area (Å²) < 4.78 is 6.16. The van der Waals surface area contributed by atoms with Crippen LogP contribution in [0, 0.1) is 0 Å². The highest BCUT2D eigenvalue weighted by atomic mass is 31.2. The summed E-state index contributed by atoms with van der Waals surface area (Å²) in [6.45, 7) is 0. The molecule has 126 valence electrons. The van der Waals surface area contributed by atoms with Crippen LogP contribution in [0.2, 0.25) is 0 Å². The zero-order chi connectivity index (χ0) is 17.1. The molecule has 4 rings (SSSR count). The predicted molar refractivity (Wildman–Crippen MR) is 101 cm³/mol. The van der Waals surface area contributed by atoms with E-state index < -0.39 is 8.38 Å². The van der Waals surface area contributed by atoms with E-state index in [2.05, 4.69) is 17.4 Å². The molecule has 1 saturated heterocycles. The monoisotopic (exact) mass is 349 g/mol. The minimum absolute atomic E-state index is 0.0280. The van der Waals surface area contributed by atoms with Crippen LogP contribution >= 0.6 is 8.38 Å². The molecule has 2 N–H and O–H groups in total. The summed E-state index contributed by atoms with van der Waals surface area (Å²) >= 11 is 0. The normalized spacial score (nSPS) is 26.3. The molecule has 0 saturated carbocycles. The first kappa shape index (κ1) is 16.4. The molecule has 4 atom stereocenters. The molecule has 0 bridgehead atoms. The molecule has 1 aliphatic rings. The van der Waals surface area contributed by atoms with Gasteiger partial charge in [-0.1, -0.05) is 91.0 Å². The van der Waals surface area contributed by atoms with E-state index in [1.54, 1.807) is 0 Å². The van der Waals surface area contributed by atoms with Crippen LogP contribution in [-0.4, -0.2) is 4.89 Å². The van der Waals surface area contributed by atoms with E-state index in [0.29, 0.717) is 0 Å². The number of hydrogen-bond acceptors (Lipinski definition) is 3. The summed E-state index contributed by atoms with van der Waals surface area (Å²) in [5.74, 6) is -0.207. The zero-order valence-corrected chi connectivity index (χ0v) is 14.6. The molecule has 1 heterocycles. The molecule has 25 heavy (non-hydrogen) atoms. The molecule has 0 radical (unpaired) electrons. The lowest BCUT2D eigenvalue weighted by molar-refractivity contribution is 0.121. The number of nitrogens with one attached hydrogen (secondary N) is 1. The van der Waals surface area contributed by atoms with Crippen LogP contribution in [0.3, 0.4) is 0 Å². The van der Waals surface area contributed by atoms with Crippen molar-refractivity contribution in [2.45, 2.75) is 17.9 Å². The lowest BCUT2D eigenvalue weighted by atomic mass is 9.95. The summed E-state index contributed by atoms with van der Waals surface area (Å²) in [6.07, 6.45) is -0.223. The second-order valence-corrected chi connectivity index (χ2v) is 7.44. The predicted octanol–water partition coefficient (Wildman–Crippen LogP) is 5.09. The van der Waals surface area contributed by atoms with Gasteiger partial charge in [-0.05, 0) is 16.7 Å². The SMILES string of the molecule is O[P@@]1O[C@H](c2ccccc2)[C@H](c2ccccc2)N[C@@H]1c1ccccc1. The van der Waals surface area contributed by atoms with Gasteiger partial charge in [0.05, 0.1) is 6.04 Å². The summed E-state index contributed by atoms with van der Waals surface area (Å²) in [5.41, 5.74) is 3.26. The molecule has 3 nitrogen and oxygen atoms in total. The third kappa shape index (κ3) is 3.51. The van der Waals surface area contributed by atoms with Crippen LogP contribution in [-0.2, 0) is 4.52 Å². The smallest absolute Gasteiger partial charge is 0.191 e. The van der Waals surface area contributed by atoms with Gasteiger partial charge >= 0.3 is 0 Å². The van der Waals surface area contributed by atoms with Gasteiger partial charge < -0.3 is 9.42 Å². The number of hydrogen-bond donors (Lipinski definition) is 2. The van der Waals surface area contributed by atoms with E-state index in [1.807, 2.05) is 78.9 Å². The van der Waals surface area contributed by atoms with Crippen molar-refractivity contribution in [3.05, 3.63) is 108 Å². The Labute approximate surface area is 149 Å². The van der Waals surface area contributed by atoms with E-state index in [4.69, 9.17) is 4.52 Å². The Morgan fingerprint density at radius 3 is 1.72 bits per heavy atom. The zero-order valence-electron chi connectivity index (χ0n) is 13.7. The highest BCUT2D eigenvalue weighted by Crippen LogP contribution is 2.57. The van der Waals surface area contributed by atoms with Crippen LogP contribution in [0.15, 0.2) is 91.0 Å². The largest absolute Gasteiger partial charge is 0.349 e. The molecule has 0 aromatic heterocycles. The maximum atomic E-state index is 10.7. The maximum Gasteiger partial charge on any atom is 0.191 e. The highest BCUT2D eigenvalue weighted by Gasteiger charge is 2.39. The molecule has 0 amide bonds. The van der Waals surface area contributed by atoms with Gasteiger partial charge in [-0.2, -0.15) is 0 Å². The molecule has 0 spiro atoms. The van der Waals surface area contributed by atoms with Gasteiger partial charge in [0, 0.05) is 0 Å². The van der Waals surface area contributed by atoms with Crippen molar-refractivity contribution in [2.75, 3.05) is 0 Å². The quantitative estimate of drug-likeness (QED) is 0.647. The fourth-order valence-corrected chi connectivity index (χ4v) is 4.56. The summed E-state index contributed by atoms with van der Waals surface area (Å²) in [4.78, 5) is 10.7. The van der Waals surface area contributed by atoms with Crippen molar-refractivity contribution in [3.63, 3.8) is 0 Å². The van der Waals surface area contributed by atoms with E-state index in [1.165, 1.54) is 0 Å². The van der Waals surface area contributed by atoms with Crippen molar-refractivity contribution < 1.29 is 9.42 Å². The average Bonchev–Trinajstić information content (AvgIpc) is 2.70. The topological polar surface area (TPSA) is 41.5 Å². The molecule has 0 unspecified atom stereocenters. The van der Waals surface area contributed by atoms with E-state index in [0.717, 1.165) is 16.7 Å². The molecule has 1 fully saturated rings. The highest BCUT2D eigenvalue weighted by molar-refractivity contribution is 7.46. The Balaban J connectivity index is 1.71. The van der Waals surface area contributed by atoms with E-state index >= 15 is 0 Å². The standard InChI is InChI=1S/C21H20NO2P/c23-25-21(18-14-8-3-9-15-18)22-19(16-10-4-1-5-11-16)20(24-25)17-12-6-2-7-13-17/h1-15,19-23H/t19-,20+,21-,25-/m0/s1. The molecular formula is C21H20NO2P. The van der Waals surface area contributed by atoms with Gasteiger partial charge in [-0.25, -0.2) is 0 Å². The Morgan fingerprint density at radius 2 is 1.16 bits per heavy atom. The van der Waals surface area contributed by atoms with Gasteiger partial charge in [0.2, 0.25) is 0 Å². The maximum absolute atomic E-state index is 10.7. The van der Waals surface area contributed by atoms with E-state index in [9.17, 15) is 4.89 Å². The minimum atomic E-state index is -1.62. The average molecular weight is 349 g/mol. The first-order chi connectivity index (χ1) is 12.3. The van der Waals surface area contributed by atoms with Crippen LogP contribution in [0.25, 0.3) is 0 Å². The van der Waals surface area contributed by atoms with E-state index in [-0.39, 0.29) is 17.9 Å². The number of benzene rings is 3. The van der Waals surface area contributed by atoms with Gasteiger partial charge in [0.15, 0.2) is 8.38 Å². The molecule has 0 aliphatic carbocycles. The fraction of sp³-hybridized carbons (Fsp3) is 0.143. The molecule has 4 heteroatoms. The van der Waals surface area contributed by atoms with Crippen molar-refractivity contribution >= 4 is 8.38 Å². The molecular weight excluding hydrogens is 329 g/mol. The van der Waals surface area contributed by atoms with Gasteiger partial charge in [-0.3, -0.25) is 5.32 Å². The van der Waals surface area contributed by atoms with Crippen molar-refractivity contribution in [3.8, 4) is 0 Å². The molecule has 1 aliphatic heterocycles. The molecule has 3 aromatic rings. The Morgan fingerprint density at radius 1 is 0.680 bits per heavy atom.